The van der Waals surface area contributed by atoms with Crippen molar-refractivity contribution >= 4 is 0 Å². The van der Waals surface area contributed by atoms with Crippen LogP contribution in [0.5, 0.6) is 11.5 Å². The highest BCUT2D eigenvalue weighted by atomic mass is 19.1. The number of hydrogen-bond donors (Lipinski definition) is 1. The molecule has 0 fully saturated rings. The Labute approximate surface area is 122 Å². The first-order valence-corrected chi connectivity index (χ1v) is 6.87. The third-order valence-electron chi connectivity index (χ3n) is 3.84. The van der Waals surface area contributed by atoms with E-state index in [0.29, 0.717) is 23.5 Å². The zero-order valence-electron chi connectivity index (χ0n) is 12.0. The predicted octanol–water partition coefficient (Wildman–Crippen LogP) is 3.70. The van der Waals surface area contributed by atoms with Gasteiger partial charge in [0, 0.05) is 18.1 Å². The van der Waals surface area contributed by atoms with Crippen LogP contribution in [0.1, 0.15) is 35.3 Å². The summed E-state index contributed by atoms with van der Waals surface area (Å²) < 4.78 is 24.5. The lowest BCUT2D eigenvalue weighted by molar-refractivity contribution is 0.0654. The molecule has 2 aromatic rings. The van der Waals surface area contributed by atoms with E-state index in [1.807, 2.05) is 6.07 Å². The van der Waals surface area contributed by atoms with E-state index >= 15 is 0 Å². The lowest BCUT2D eigenvalue weighted by Gasteiger charge is -2.30. The Hall–Kier alpha value is -2.07. The Morgan fingerprint density at radius 2 is 2.05 bits per heavy atom. The lowest BCUT2D eigenvalue weighted by atomic mass is 9.94. The molecule has 0 saturated heterocycles. The van der Waals surface area contributed by atoms with Gasteiger partial charge in [-0.25, -0.2) is 4.39 Å². The molecule has 0 amide bonds. The van der Waals surface area contributed by atoms with Crippen molar-refractivity contribution in [1.29, 1.82) is 0 Å². The average Bonchev–Trinajstić information content (AvgIpc) is 2.49. The molecule has 1 aliphatic heterocycles. The molecule has 2 atom stereocenters. The molecule has 4 heteroatoms. The third kappa shape index (κ3) is 2.59. The van der Waals surface area contributed by atoms with Crippen LogP contribution in [0.25, 0.3) is 0 Å². The number of rotatable bonds is 2. The van der Waals surface area contributed by atoms with Gasteiger partial charge in [-0.1, -0.05) is 6.07 Å². The molecule has 1 N–H and O–H groups in total. The van der Waals surface area contributed by atoms with E-state index in [9.17, 15) is 9.50 Å². The van der Waals surface area contributed by atoms with Gasteiger partial charge in [0.2, 0.25) is 0 Å². The normalized spacial score (nSPS) is 20.6. The number of ether oxygens (including phenoxy) is 2. The maximum atomic E-state index is 13.4. The number of hydrogen-bond acceptors (Lipinski definition) is 3. The van der Waals surface area contributed by atoms with Crippen LogP contribution < -0.4 is 9.47 Å². The molecule has 0 spiro atoms. The summed E-state index contributed by atoms with van der Waals surface area (Å²) in [7, 11) is 1.59. The number of fused-ring (bicyclic) bond motifs is 1. The van der Waals surface area contributed by atoms with E-state index in [-0.39, 0.29) is 11.9 Å². The molecule has 1 unspecified atom stereocenters. The van der Waals surface area contributed by atoms with E-state index in [1.54, 1.807) is 38.3 Å². The van der Waals surface area contributed by atoms with Gasteiger partial charge >= 0.3 is 0 Å². The number of methoxy groups -OCH3 is 1. The lowest BCUT2D eigenvalue weighted by Crippen LogP contribution is -2.19. The highest BCUT2D eigenvalue weighted by Gasteiger charge is 2.28. The standard InChI is InChI=1S/C17H17FO3/c1-10-7-11(3-6-14(10)18)16-9-15(19)13-5-4-12(20-2)8-17(13)21-16/h3-8,15-16,19H,9H2,1-2H3/t15-,16?/m1/s1. The summed E-state index contributed by atoms with van der Waals surface area (Å²) in [5.41, 5.74) is 2.19. The highest BCUT2D eigenvalue weighted by molar-refractivity contribution is 5.44. The first-order chi connectivity index (χ1) is 10.1. The van der Waals surface area contributed by atoms with Crippen molar-refractivity contribution in [2.45, 2.75) is 25.6 Å². The van der Waals surface area contributed by atoms with Gasteiger partial charge in [-0.05, 0) is 42.3 Å². The Morgan fingerprint density at radius 3 is 2.76 bits per heavy atom. The van der Waals surface area contributed by atoms with Crippen LogP contribution in [-0.4, -0.2) is 12.2 Å². The van der Waals surface area contributed by atoms with E-state index < -0.39 is 6.10 Å². The van der Waals surface area contributed by atoms with Crippen molar-refractivity contribution in [2.24, 2.45) is 0 Å². The molecule has 110 valence electrons. The highest BCUT2D eigenvalue weighted by Crippen LogP contribution is 2.42. The third-order valence-corrected chi connectivity index (χ3v) is 3.84. The van der Waals surface area contributed by atoms with E-state index in [4.69, 9.17) is 9.47 Å². The van der Waals surface area contributed by atoms with Gasteiger partial charge in [0.15, 0.2) is 0 Å². The zero-order chi connectivity index (χ0) is 15.0. The number of halogens is 1. The van der Waals surface area contributed by atoms with Crippen molar-refractivity contribution in [1.82, 2.24) is 0 Å². The van der Waals surface area contributed by atoms with Crippen molar-refractivity contribution in [2.75, 3.05) is 7.11 Å². The van der Waals surface area contributed by atoms with Gasteiger partial charge < -0.3 is 14.6 Å². The number of aryl methyl sites for hydroxylation is 1. The Balaban J connectivity index is 1.94. The fourth-order valence-electron chi connectivity index (χ4n) is 2.62. The van der Waals surface area contributed by atoms with Crippen LogP contribution in [0.15, 0.2) is 36.4 Å². The molecule has 1 heterocycles. The van der Waals surface area contributed by atoms with E-state index in [1.165, 1.54) is 6.07 Å². The van der Waals surface area contributed by atoms with Crippen LogP contribution in [-0.2, 0) is 0 Å². The first-order valence-electron chi connectivity index (χ1n) is 6.87. The molecular weight excluding hydrogens is 271 g/mol. The molecule has 21 heavy (non-hydrogen) atoms. The molecule has 0 radical (unpaired) electrons. The second-order valence-corrected chi connectivity index (χ2v) is 5.27. The quantitative estimate of drug-likeness (QED) is 0.915. The van der Waals surface area contributed by atoms with Crippen molar-refractivity contribution < 1.29 is 19.0 Å². The first kappa shape index (κ1) is 13.9. The molecule has 1 aliphatic rings. The fourth-order valence-corrected chi connectivity index (χ4v) is 2.62. The molecule has 2 aromatic carbocycles. The minimum absolute atomic E-state index is 0.239. The van der Waals surface area contributed by atoms with Gasteiger partial charge in [0.1, 0.15) is 23.4 Å². The Kier molecular flexibility index (Phi) is 3.55. The van der Waals surface area contributed by atoms with Crippen LogP contribution in [0.3, 0.4) is 0 Å². The molecule has 0 saturated carbocycles. The Morgan fingerprint density at radius 1 is 1.24 bits per heavy atom. The van der Waals surface area contributed by atoms with Crippen LogP contribution in [0.2, 0.25) is 0 Å². The summed E-state index contributed by atoms with van der Waals surface area (Å²) in [4.78, 5) is 0. The number of benzene rings is 2. The van der Waals surface area contributed by atoms with Gasteiger partial charge in [-0.3, -0.25) is 0 Å². The topological polar surface area (TPSA) is 38.7 Å². The SMILES string of the molecule is COc1ccc2c(c1)OC(c1ccc(F)c(C)c1)C[C@H]2O. The smallest absolute Gasteiger partial charge is 0.129 e. The summed E-state index contributed by atoms with van der Waals surface area (Å²) in [6.07, 6.45) is -0.446. The van der Waals surface area contributed by atoms with Gasteiger partial charge in [-0.2, -0.15) is 0 Å². The van der Waals surface area contributed by atoms with Crippen molar-refractivity contribution in [3.05, 3.63) is 58.9 Å². The van der Waals surface area contributed by atoms with E-state index in [0.717, 1.165) is 11.1 Å². The second kappa shape index (κ2) is 5.37. The average molecular weight is 288 g/mol. The molecule has 0 aromatic heterocycles. The van der Waals surface area contributed by atoms with Crippen LogP contribution in [0.4, 0.5) is 4.39 Å². The maximum absolute atomic E-state index is 13.4. The molecule has 3 nitrogen and oxygen atoms in total. The predicted molar refractivity (Wildman–Crippen MR) is 77.1 cm³/mol. The van der Waals surface area contributed by atoms with Crippen molar-refractivity contribution in [3.8, 4) is 11.5 Å². The van der Waals surface area contributed by atoms with E-state index in [2.05, 4.69) is 0 Å². The van der Waals surface area contributed by atoms with Crippen LogP contribution >= 0.6 is 0 Å². The maximum Gasteiger partial charge on any atom is 0.129 e. The monoisotopic (exact) mass is 288 g/mol. The number of aliphatic hydroxyl groups excluding tert-OH is 1. The molecule has 0 bridgehead atoms. The van der Waals surface area contributed by atoms with Gasteiger partial charge in [-0.15, -0.1) is 0 Å². The zero-order valence-corrected chi connectivity index (χ0v) is 12.0. The molecular formula is C17H17FO3. The Bertz CT molecular complexity index is 669. The minimum atomic E-state index is -0.602. The summed E-state index contributed by atoms with van der Waals surface area (Å²) in [5, 5.41) is 10.3. The largest absolute Gasteiger partial charge is 0.497 e. The summed E-state index contributed by atoms with van der Waals surface area (Å²) in [6, 6.07) is 10.3. The summed E-state index contributed by atoms with van der Waals surface area (Å²) in [6.45, 7) is 1.72. The second-order valence-electron chi connectivity index (χ2n) is 5.27. The minimum Gasteiger partial charge on any atom is -0.497 e. The fraction of sp³-hybridized carbons (Fsp3) is 0.294. The van der Waals surface area contributed by atoms with Crippen molar-refractivity contribution in [3.63, 3.8) is 0 Å². The molecule has 0 aliphatic carbocycles. The van der Waals surface area contributed by atoms with Gasteiger partial charge in [0.25, 0.3) is 0 Å². The van der Waals surface area contributed by atoms with Crippen LogP contribution in [0, 0.1) is 12.7 Å². The number of aliphatic hydroxyl groups is 1. The van der Waals surface area contributed by atoms with Gasteiger partial charge in [0.05, 0.1) is 13.2 Å². The molecule has 3 rings (SSSR count). The summed E-state index contributed by atoms with van der Waals surface area (Å²) >= 11 is 0. The summed E-state index contributed by atoms with van der Waals surface area (Å²) in [5.74, 6) is 1.05.